The molecule has 1 amide bonds. The van der Waals surface area contributed by atoms with Gasteiger partial charge in [0.2, 0.25) is 5.91 Å². The van der Waals surface area contributed by atoms with Crippen molar-refractivity contribution in [3.8, 4) is 0 Å². The standard InChI is InChI=1S/C17H28N2O2/c1-3-4-8-11-18-17(21)14(2)19-16(13-20)12-15-9-6-5-7-10-15/h5-7,9-10,14,16,19-20H,3-4,8,11-13H2,1-2H3,(H,18,21). The SMILES string of the molecule is CCCCCNC(=O)C(C)NC(CO)Cc1ccccc1. The summed E-state index contributed by atoms with van der Waals surface area (Å²) in [7, 11) is 0. The largest absolute Gasteiger partial charge is 0.395 e. The average Bonchev–Trinajstić information content (AvgIpc) is 2.51. The molecule has 0 saturated carbocycles. The summed E-state index contributed by atoms with van der Waals surface area (Å²) in [5.41, 5.74) is 1.15. The number of benzene rings is 1. The van der Waals surface area contributed by atoms with Crippen molar-refractivity contribution in [1.82, 2.24) is 10.6 Å². The van der Waals surface area contributed by atoms with Gasteiger partial charge in [0.05, 0.1) is 12.6 Å². The Hall–Kier alpha value is -1.39. The van der Waals surface area contributed by atoms with Crippen LogP contribution in [0.4, 0.5) is 0 Å². The molecule has 4 nitrogen and oxygen atoms in total. The summed E-state index contributed by atoms with van der Waals surface area (Å²) in [4.78, 5) is 12.0. The van der Waals surface area contributed by atoms with Gasteiger partial charge in [0.15, 0.2) is 0 Å². The van der Waals surface area contributed by atoms with E-state index in [-0.39, 0.29) is 24.6 Å². The second kappa shape index (κ2) is 10.4. The van der Waals surface area contributed by atoms with Crippen LogP contribution in [0.15, 0.2) is 30.3 Å². The van der Waals surface area contributed by atoms with Crippen LogP contribution in [0.5, 0.6) is 0 Å². The number of carbonyl (C=O) groups is 1. The summed E-state index contributed by atoms with van der Waals surface area (Å²) in [6.07, 6.45) is 4.01. The number of hydrogen-bond donors (Lipinski definition) is 3. The average molecular weight is 292 g/mol. The Morgan fingerprint density at radius 3 is 2.57 bits per heavy atom. The number of hydrogen-bond acceptors (Lipinski definition) is 3. The molecule has 3 N–H and O–H groups in total. The quantitative estimate of drug-likeness (QED) is 0.577. The smallest absolute Gasteiger partial charge is 0.236 e. The highest BCUT2D eigenvalue weighted by Crippen LogP contribution is 2.03. The highest BCUT2D eigenvalue weighted by Gasteiger charge is 2.17. The van der Waals surface area contributed by atoms with Crippen LogP contribution >= 0.6 is 0 Å². The van der Waals surface area contributed by atoms with Crippen LogP contribution in [0.3, 0.4) is 0 Å². The Labute approximate surface area is 128 Å². The number of carbonyl (C=O) groups excluding carboxylic acids is 1. The highest BCUT2D eigenvalue weighted by atomic mass is 16.3. The summed E-state index contributed by atoms with van der Waals surface area (Å²) in [5, 5.41) is 15.6. The number of unbranched alkanes of at least 4 members (excludes halogenated alkanes) is 2. The lowest BCUT2D eigenvalue weighted by atomic mass is 10.1. The lowest BCUT2D eigenvalue weighted by molar-refractivity contribution is -0.123. The first-order chi connectivity index (χ1) is 10.2. The molecule has 0 aromatic heterocycles. The molecule has 4 heteroatoms. The highest BCUT2D eigenvalue weighted by molar-refractivity contribution is 5.81. The molecule has 0 aliphatic heterocycles. The number of aliphatic hydroxyl groups excluding tert-OH is 1. The van der Waals surface area contributed by atoms with Crippen molar-refractivity contribution >= 4 is 5.91 Å². The van der Waals surface area contributed by atoms with Crippen molar-refractivity contribution in [2.45, 2.75) is 51.6 Å². The molecule has 0 heterocycles. The summed E-state index contributed by atoms with van der Waals surface area (Å²) in [5.74, 6) is -0.00221. The van der Waals surface area contributed by atoms with Gasteiger partial charge in [-0.2, -0.15) is 0 Å². The Morgan fingerprint density at radius 1 is 1.24 bits per heavy atom. The van der Waals surface area contributed by atoms with Gasteiger partial charge >= 0.3 is 0 Å². The molecule has 118 valence electrons. The molecule has 21 heavy (non-hydrogen) atoms. The van der Waals surface area contributed by atoms with Crippen LogP contribution in [0.1, 0.15) is 38.7 Å². The molecule has 0 saturated heterocycles. The van der Waals surface area contributed by atoms with E-state index < -0.39 is 0 Å². The van der Waals surface area contributed by atoms with Crippen LogP contribution in [-0.4, -0.2) is 36.2 Å². The molecule has 0 fully saturated rings. The molecular formula is C17H28N2O2. The zero-order chi connectivity index (χ0) is 15.5. The van der Waals surface area contributed by atoms with Crippen molar-refractivity contribution in [1.29, 1.82) is 0 Å². The molecule has 0 aliphatic rings. The molecular weight excluding hydrogens is 264 g/mol. The lowest BCUT2D eigenvalue weighted by Gasteiger charge is -2.21. The van der Waals surface area contributed by atoms with Gasteiger partial charge < -0.3 is 15.7 Å². The van der Waals surface area contributed by atoms with Crippen LogP contribution in [-0.2, 0) is 11.2 Å². The topological polar surface area (TPSA) is 61.4 Å². The van der Waals surface area contributed by atoms with Crippen LogP contribution in [0, 0.1) is 0 Å². The molecule has 2 unspecified atom stereocenters. The monoisotopic (exact) mass is 292 g/mol. The van der Waals surface area contributed by atoms with Crippen LogP contribution < -0.4 is 10.6 Å². The second-order valence-electron chi connectivity index (χ2n) is 5.46. The van der Waals surface area contributed by atoms with E-state index in [0.29, 0.717) is 6.42 Å². The number of nitrogens with one attached hydrogen (secondary N) is 2. The molecule has 1 aromatic rings. The fourth-order valence-electron chi connectivity index (χ4n) is 2.24. The minimum absolute atomic E-state index is 0.00221. The molecule has 0 spiro atoms. The van der Waals surface area contributed by atoms with Gasteiger partial charge in [-0.1, -0.05) is 50.1 Å². The molecule has 0 aliphatic carbocycles. The van der Waals surface area contributed by atoms with E-state index >= 15 is 0 Å². The predicted molar refractivity (Wildman–Crippen MR) is 86.2 cm³/mol. The van der Waals surface area contributed by atoms with E-state index in [0.717, 1.165) is 31.4 Å². The third kappa shape index (κ3) is 7.25. The van der Waals surface area contributed by atoms with Gasteiger partial charge in [0, 0.05) is 12.6 Å². The van der Waals surface area contributed by atoms with Crippen molar-refractivity contribution < 1.29 is 9.90 Å². The molecule has 0 bridgehead atoms. The first-order valence-corrected chi connectivity index (χ1v) is 7.86. The Balaban J connectivity index is 2.36. The summed E-state index contributed by atoms with van der Waals surface area (Å²) in [6, 6.07) is 9.58. The normalized spacial score (nSPS) is 13.7. The van der Waals surface area contributed by atoms with Gasteiger partial charge in [0.1, 0.15) is 0 Å². The molecule has 1 rings (SSSR count). The second-order valence-corrected chi connectivity index (χ2v) is 5.46. The predicted octanol–water partition coefficient (Wildman–Crippen LogP) is 1.87. The van der Waals surface area contributed by atoms with Crippen molar-refractivity contribution in [3.05, 3.63) is 35.9 Å². The van der Waals surface area contributed by atoms with Crippen LogP contribution in [0.25, 0.3) is 0 Å². The van der Waals surface area contributed by atoms with Crippen LogP contribution in [0.2, 0.25) is 0 Å². The zero-order valence-corrected chi connectivity index (χ0v) is 13.1. The zero-order valence-electron chi connectivity index (χ0n) is 13.1. The van der Waals surface area contributed by atoms with Gasteiger partial charge in [0.25, 0.3) is 0 Å². The first kappa shape index (κ1) is 17.7. The molecule has 0 radical (unpaired) electrons. The Kier molecular flexibility index (Phi) is 8.71. The first-order valence-electron chi connectivity index (χ1n) is 7.86. The third-order valence-electron chi connectivity index (χ3n) is 3.50. The van der Waals surface area contributed by atoms with E-state index in [4.69, 9.17) is 0 Å². The van der Waals surface area contributed by atoms with Crippen molar-refractivity contribution in [2.24, 2.45) is 0 Å². The van der Waals surface area contributed by atoms with Gasteiger partial charge in [-0.3, -0.25) is 4.79 Å². The van der Waals surface area contributed by atoms with Gasteiger partial charge in [-0.25, -0.2) is 0 Å². The fraction of sp³-hybridized carbons (Fsp3) is 0.588. The van der Waals surface area contributed by atoms with E-state index in [1.807, 2.05) is 37.3 Å². The minimum Gasteiger partial charge on any atom is -0.395 e. The Morgan fingerprint density at radius 2 is 1.95 bits per heavy atom. The van der Waals surface area contributed by atoms with Crippen molar-refractivity contribution in [3.63, 3.8) is 0 Å². The van der Waals surface area contributed by atoms with Gasteiger partial charge in [-0.05, 0) is 25.3 Å². The maximum Gasteiger partial charge on any atom is 0.236 e. The van der Waals surface area contributed by atoms with Gasteiger partial charge in [-0.15, -0.1) is 0 Å². The summed E-state index contributed by atoms with van der Waals surface area (Å²) < 4.78 is 0. The fourth-order valence-corrected chi connectivity index (χ4v) is 2.24. The number of aliphatic hydroxyl groups is 1. The number of amides is 1. The third-order valence-corrected chi connectivity index (χ3v) is 3.50. The lowest BCUT2D eigenvalue weighted by Crippen LogP contribution is -2.48. The molecule has 2 atom stereocenters. The van der Waals surface area contributed by atoms with Crippen molar-refractivity contribution in [2.75, 3.05) is 13.2 Å². The Bertz CT molecular complexity index is 395. The van der Waals surface area contributed by atoms with E-state index in [1.54, 1.807) is 0 Å². The molecule has 1 aromatic carbocycles. The minimum atomic E-state index is -0.299. The maximum absolute atomic E-state index is 12.0. The number of rotatable bonds is 10. The van der Waals surface area contributed by atoms with E-state index in [9.17, 15) is 9.90 Å². The summed E-state index contributed by atoms with van der Waals surface area (Å²) >= 11 is 0. The maximum atomic E-state index is 12.0. The van der Waals surface area contributed by atoms with E-state index in [1.165, 1.54) is 0 Å². The summed E-state index contributed by atoms with van der Waals surface area (Å²) in [6.45, 7) is 4.72. The van der Waals surface area contributed by atoms with E-state index in [2.05, 4.69) is 17.6 Å².